The number of nitrogens with zero attached hydrogens (tertiary/aromatic N) is 1. The van der Waals surface area contributed by atoms with Crippen LogP contribution in [0.2, 0.25) is 0 Å². The highest BCUT2D eigenvalue weighted by atomic mass is 79.9. The second kappa shape index (κ2) is 6.33. The van der Waals surface area contributed by atoms with Gasteiger partial charge < -0.3 is 10.1 Å². The van der Waals surface area contributed by atoms with E-state index in [1.807, 2.05) is 24.3 Å². The Morgan fingerprint density at radius 2 is 2.21 bits per heavy atom. The number of carbonyl (C=O) groups excluding carboxylic acids is 1. The molecule has 0 aliphatic rings. The van der Waals surface area contributed by atoms with E-state index in [4.69, 9.17) is 4.74 Å². The number of halogens is 1. The minimum atomic E-state index is -0.130. The van der Waals surface area contributed by atoms with Crippen molar-refractivity contribution < 1.29 is 9.53 Å². The third-order valence-corrected chi connectivity index (χ3v) is 3.02. The van der Waals surface area contributed by atoms with Crippen molar-refractivity contribution in [3.05, 3.63) is 52.6 Å². The summed E-state index contributed by atoms with van der Waals surface area (Å²) < 4.78 is 6.15. The summed E-state index contributed by atoms with van der Waals surface area (Å²) in [6.45, 7) is 0. The molecule has 1 amide bonds. The normalized spacial score (nSPS) is 10.0. The lowest BCUT2D eigenvalue weighted by Crippen LogP contribution is -2.15. The summed E-state index contributed by atoms with van der Waals surface area (Å²) in [5.41, 5.74) is 0.824. The van der Waals surface area contributed by atoms with Gasteiger partial charge in [-0.3, -0.25) is 4.79 Å². The molecular formula is C14H13BrN2O2. The minimum absolute atomic E-state index is 0.130. The van der Waals surface area contributed by atoms with E-state index in [0.717, 1.165) is 10.0 Å². The van der Waals surface area contributed by atoms with Crippen LogP contribution in [0.4, 0.5) is 5.82 Å². The predicted molar refractivity (Wildman–Crippen MR) is 77.3 cm³/mol. The number of hydrogen-bond donors (Lipinski definition) is 1. The zero-order chi connectivity index (χ0) is 13.7. The van der Waals surface area contributed by atoms with Gasteiger partial charge in [-0.25, -0.2) is 4.98 Å². The first-order valence-corrected chi connectivity index (χ1v) is 6.51. The summed E-state index contributed by atoms with van der Waals surface area (Å²) in [7, 11) is 1.59. The van der Waals surface area contributed by atoms with Crippen molar-refractivity contribution in [1.29, 1.82) is 0 Å². The molecule has 1 aromatic heterocycles. The summed E-state index contributed by atoms with van der Waals surface area (Å²) in [5, 5.41) is 2.74. The van der Waals surface area contributed by atoms with Crippen molar-refractivity contribution in [2.24, 2.45) is 0 Å². The maximum Gasteiger partial charge on any atom is 0.230 e. The Labute approximate surface area is 119 Å². The van der Waals surface area contributed by atoms with Crippen molar-refractivity contribution in [1.82, 2.24) is 4.98 Å². The molecule has 2 rings (SSSR count). The number of rotatable bonds is 4. The van der Waals surface area contributed by atoms with Crippen molar-refractivity contribution in [3.63, 3.8) is 0 Å². The highest BCUT2D eigenvalue weighted by Crippen LogP contribution is 2.23. The van der Waals surface area contributed by atoms with Gasteiger partial charge in [0.2, 0.25) is 5.91 Å². The first-order valence-electron chi connectivity index (χ1n) is 5.72. The van der Waals surface area contributed by atoms with Crippen molar-refractivity contribution in [3.8, 4) is 5.75 Å². The van der Waals surface area contributed by atoms with Gasteiger partial charge in [-0.1, -0.05) is 22.0 Å². The Kier molecular flexibility index (Phi) is 4.52. The predicted octanol–water partition coefficient (Wildman–Crippen LogP) is 3.03. The van der Waals surface area contributed by atoms with Crippen LogP contribution in [0.25, 0.3) is 0 Å². The number of pyridine rings is 1. The van der Waals surface area contributed by atoms with Gasteiger partial charge in [0.15, 0.2) is 0 Å². The molecule has 0 aliphatic heterocycles. The number of benzene rings is 1. The van der Waals surface area contributed by atoms with Crippen LogP contribution in [0.5, 0.6) is 5.75 Å². The quantitative estimate of drug-likeness (QED) is 0.942. The van der Waals surface area contributed by atoms with E-state index in [0.29, 0.717) is 11.6 Å². The molecule has 0 atom stereocenters. The summed E-state index contributed by atoms with van der Waals surface area (Å²) in [6.07, 6.45) is 1.87. The van der Waals surface area contributed by atoms with Gasteiger partial charge in [-0.2, -0.15) is 0 Å². The molecule has 0 fully saturated rings. The minimum Gasteiger partial charge on any atom is -0.496 e. The molecule has 0 aliphatic carbocycles. The van der Waals surface area contributed by atoms with E-state index in [1.165, 1.54) is 0 Å². The smallest absolute Gasteiger partial charge is 0.230 e. The molecule has 0 radical (unpaired) electrons. The standard InChI is InChI=1S/C14H13BrN2O2/c1-19-12-6-5-11(15)8-10(12)9-14(18)17-13-4-2-3-7-16-13/h2-8H,9H2,1H3,(H,16,17,18). The van der Waals surface area contributed by atoms with Crippen molar-refractivity contribution in [2.75, 3.05) is 12.4 Å². The van der Waals surface area contributed by atoms with E-state index in [9.17, 15) is 4.79 Å². The Bertz CT molecular complexity index is 573. The number of hydrogen-bond acceptors (Lipinski definition) is 3. The molecule has 0 bridgehead atoms. The fraction of sp³-hybridized carbons (Fsp3) is 0.143. The van der Waals surface area contributed by atoms with Crippen LogP contribution in [0.15, 0.2) is 47.1 Å². The number of anilines is 1. The average molecular weight is 321 g/mol. The van der Waals surface area contributed by atoms with Gasteiger partial charge in [-0.15, -0.1) is 0 Å². The van der Waals surface area contributed by atoms with Crippen LogP contribution >= 0.6 is 15.9 Å². The van der Waals surface area contributed by atoms with Crippen LogP contribution in [-0.4, -0.2) is 18.0 Å². The lowest BCUT2D eigenvalue weighted by molar-refractivity contribution is -0.115. The Balaban J connectivity index is 2.09. The lowest BCUT2D eigenvalue weighted by Gasteiger charge is -2.09. The maximum absolute atomic E-state index is 11.9. The molecule has 98 valence electrons. The molecular weight excluding hydrogens is 308 g/mol. The van der Waals surface area contributed by atoms with Gasteiger partial charge in [-0.05, 0) is 30.3 Å². The number of ether oxygens (including phenoxy) is 1. The molecule has 4 nitrogen and oxygen atoms in total. The lowest BCUT2D eigenvalue weighted by atomic mass is 10.1. The summed E-state index contributed by atoms with van der Waals surface area (Å²) >= 11 is 3.38. The summed E-state index contributed by atoms with van der Waals surface area (Å²) in [4.78, 5) is 16.0. The number of aromatic nitrogens is 1. The van der Waals surface area contributed by atoms with Gasteiger partial charge in [0.25, 0.3) is 0 Å². The van der Waals surface area contributed by atoms with E-state index in [2.05, 4.69) is 26.2 Å². The third-order valence-electron chi connectivity index (χ3n) is 2.53. The van der Waals surface area contributed by atoms with E-state index < -0.39 is 0 Å². The molecule has 5 heteroatoms. The SMILES string of the molecule is COc1ccc(Br)cc1CC(=O)Nc1ccccn1. The van der Waals surface area contributed by atoms with Gasteiger partial charge in [0.1, 0.15) is 11.6 Å². The summed E-state index contributed by atoms with van der Waals surface area (Å²) in [5.74, 6) is 1.11. The Morgan fingerprint density at radius 1 is 1.37 bits per heavy atom. The second-order valence-corrected chi connectivity index (χ2v) is 4.81. The van der Waals surface area contributed by atoms with Crippen LogP contribution in [-0.2, 0) is 11.2 Å². The molecule has 2 aromatic rings. The molecule has 1 N–H and O–H groups in total. The molecule has 1 aromatic carbocycles. The van der Waals surface area contributed by atoms with E-state index >= 15 is 0 Å². The first-order chi connectivity index (χ1) is 9.19. The zero-order valence-corrected chi connectivity index (χ0v) is 12.0. The van der Waals surface area contributed by atoms with Crippen LogP contribution in [0.3, 0.4) is 0 Å². The highest BCUT2D eigenvalue weighted by molar-refractivity contribution is 9.10. The third kappa shape index (κ3) is 3.79. The highest BCUT2D eigenvalue weighted by Gasteiger charge is 2.10. The van der Waals surface area contributed by atoms with Crippen LogP contribution < -0.4 is 10.1 Å². The van der Waals surface area contributed by atoms with Crippen LogP contribution in [0, 0.1) is 0 Å². The molecule has 0 saturated heterocycles. The fourth-order valence-electron chi connectivity index (χ4n) is 1.68. The van der Waals surface area contributed by atoms with Gasteiger partial charge in [0.05, 0.1) is 13.5 Å². The van der Waals surface area contributed by atoms with E-state index in [1.54, 1.807) is 25.4 Å². The first kappa shape index (κ1) is 13.5. The molecule has 1 heterocycles. The largest absolute Gasteiger partial charge is 0.496 e. The number of methoxy groups -OCH3 is 1. The maximum atomic E-state index is 11.9. The van der Waals surface area contributed by atoms with Gasteiger partial charge >= 0.3 is 0 Å². The molecule has 0 spiro atoms. The fourth-order valence-corrected chi connectivity index (χ4v) is 2.09. The number of carbonyl (C=O) groups is 1. The number of nitrogens with one attached hydrogen (secondary N) is 1. The summed E-state index contributed by atoms with van der Waals surface area (Å²) in [6, 6.07) is 10.9. The molecule has 19 heavy (non-hydrogen) atoms. The van der Waals surface area contributed by atoms with Crippen LogP contribution in [0.1, 0.15) is 5.56 Å². The molecule has 0 unspecified atom stereocenters. The second-order valence-electron chi connectivity index (χ2n) is 3.90. The monoisotopic (exact) mass is 320 g/mol. The Morgan fingerprint density at radius 3 is 2.89 bits per heavy atom. The molecule has 0 saturated carbocycles. The van der Waals surface area contributed by atoms with Crippen molar-refractivity contribution in [2.45, 2.75) is 6.42 Å². The Hall–Kier alpha value is -1.88. The zero-order valence-electron chi connectivity index (χ0n) is 10.4. The average Bonchev–Trinajstić information content (AvgIpc) is 2.40. The topological polar surface area (TPSA) is 51.2 Å². The van der Waals surface area contributed by atoms with E-state index in [-0.39, 0.29) is 12.3 Å². The van der Waals surface area contributed by atoms with Gasteiger partial charge in [0, 0.05) is 16.2 Å². The van der Waals surface area contributed by atoms with Crippen molar-refractivity contribution >= 4 is 27.7 Å². The number of amides is 1.